The zero-order valence-electron chi connectivity index (χ0n) is 17.1. The van der Waals surface area contributed by atoms with Crippen LogP contribution in [-0.2, 0) is 14.3 Å². The number of ether oxygens (including phenoxy) is 2. The number of amides is 2. The van der Waals surface area contributed by atoms with Crippen molar-refractivity contribution in [2.45, 2.75) is 70.6 Å². The first-order valence-electron chi connectivity index (χ1n) is 10.4. The Morgan fingerprint density at radius 3 is 2.36 bits per heavy atom. The number of nitrogens with one attached hydrogen (secondary N) is 1. The number of carbonyl (C=O) groups excluding carboxylic acids is 2. The lowest BCUT2D eigenvalue weighted by Gasteiger charge is -2.34. The van der Waals surface area contributed by atoms with Gasteiger partial charge in [-0.05, 0) is 56.2 Å². The van der Waals surface area contributed by atoms with E-state index in [1.165, 1.54) is 5.56 Å². The van der Waals surface area contributed by atoms with Gasteiger partial charge in [0, 0.05) is 25.7 Å². The van der Waals surface area contributed by atoms with E-state index < -0.39 is 6.10 Å². The number of hydrogen-bond acceptors (Lipinski definition) is 4. The van der Waals surface area contributed by atoms with Gasteiger partial charge >= 0.3 is 0 Å². The minimum absolute atomic E-state index is 0.0791. The van der Waals surface area contributed by atoms with E-state index in [-0.39, 0.29) is 24.0 Å². The molecular formula is C22H32N2O4. The summed E-state index contributed by atoms with van der Waals surface area (Å²) in [4.78, 5) is 26.7. The molecule has 2 amide bonds. The summed E-state index contributed by atoms with van der Waals surface area (Å²) in [5, 5.41) is 3.06. The van der Waals surface area contributed by atoms with Crippen LogP contribution in [-0.4, -0.2) is 54.7 Å². The Morgan fingerprint density at radius 1 is 1.11 bits per heavy atom. The van der Waals surface area contributed by atoms with Gasteiger partial charge in [-0.2, -0.15) is 0 Å². The third-order valence-corrected chi connectivity index (χ3v) is 5.59. The molecule has 28 heavy (non-hydrogen) atoms. The summed E-state index contributed by atoms with van der Waals surface area (Å²) in [5.74, 6) is 1.15. The molecule has 0 spiro atoms. The Hall–Kier alpha value is -2.08. The number of hydrogen-bond donors (Lipinski definition) is 1. The number of piperidine rings is 1. The first kappa shape index (κ1) is 20.6. The third-order valence-electron chi connectivity index (χ3n) is 5.59. The lowest BCUT2D eigenvalue weighted by molar-refractivity contribution is -0.142. The molecule has 1 N–H and O–H groups in total. The summed E-state index contributed by atoms with van der Waals surface area (Å²) in [6, 6.07) is 7.97. The second-order valence-corrected chi connectivity index (χ2v) is 8.09. The van der Waals surface area contributed by atoms with E-state index in [0.717, 1.165) is 25.7 Å². The van der Waals surface area contributed by atoms with Gasteiger partial charge in [0.05, 0.1) is 0 Å². The van der Waals surface area contributed by atoms with Crippen molar-refractivity contribution in [2.75, 3.05) is 19.7 Å². The third kappa shape index (κ3) is 5.25. The van der Waals surface area contributed by atoms with E-state index in [1.807, 2.05) is 29.2 Å². The van der Waals surface area contributed by atoms with Gasteiger partial charge in [-0.25, -0.2) is 0 Å². The van der Waals surface area contributed by atoms with Crippen LogP contribution in [0.3, 0.4) is 0 Å². The van der Waals surface area contributed by atoms with Gasteiger partial charge in [0.1, 0.15) is 11.9 Å². The molecule has 6 heteroatoms. The van der Waals surface area contributed by atoms with Crippen LogP contribution in [0.4, 0.5) is 0 Å². The second-order valence-electron chi connectivity index (χ2n) is 8.09. The van der Waals surface area contributed by atoms with Crippen LogP contribution in [0, 0.1) is 0 Å². The standard InChI is InChI=1S/C22H32N2O4/c1-15(2)17-6-8-19(9-7-17)28-16(3)21(25)23-18-10-12-24(13-11-18)22(26)20-5-4-14-27-20/h6-9,15-16,18,20H,4-5,10-14H2,1-3H3,(H,23,25). The SMILES string of the molecule is CC(Oc1ccc(C(C)C)cc1)C(=O)NC1CCN(C(=O)C2CCCO2)CC1. The van der Waals surface area contributed by atoms with Gasteiger partial charge in [0.15, 0.2) is 6.10 Å². The topological polar surface area (TPSA) is 67.9 Å². The van der Waals surface area contributed by atoms with Gasteiger partial charge in [-0.3, -0.25) is 9.59 Å². The van der Waals surface area contributed by atoms with E-state index in [0.29, 0.717) is 31.4 Å². The normalized spacial score (nSPS) is 21.6. The summed E-state index contributed by atoms with van der Waals surface area (Å²) >= 11 is 0. The van der Waals surface area contributed by atoms with Gasteiger partial charge in [0.25, 0.3) is 11.8 Å². The average Bonchev–Trinajstić information content (AvgIpc) is 3.23. The maximum absolute atomic E-state index is 12.5. The molecule has 3 rings (SSSR count). The van der Waals surface area contributed by atoms with Crippen molar-refractivity contribution in [3.8, 4) is 5.75 Å². The zero-order valence-corrected chi connectivity index (χ0v) is 17.1. The van der Waals surface area contributed by atoms with Crippen LogP contribution in [0.5, 0.6) is 5.75 Å². The fourth-order valence-corrected chi connectivity index (χ4v) is 3.73. The number of nitrogens with zero attached hydrogens (tertiary/aromatic N) is 1. The minimum atomic E-state index is -0.559. The van der Waals surface area contributed by atoms with Crippen LogP contribution in [0.2, 0.25) is 0 Å². The highest BCUT2D eigenvalue weighted by molar-refractivity contribution is 5.82. The predicted octanol–water partition coefficient (Wildman–Crippen LogP) is 2.86. The minimum Gasteiger partial charge on any atom is -0.481 e. The molecule has 0 aromatic heterocycles. The van der Waals surface area contributed by atoms with Crippen molar-refractivity contribution < 1.29 is 19.1 Å². The fraction of sp³-hybridized carbons (Fsp3) is 0.636. The quantitative estimate of drug-likeness (QED) is 0.814. The largest absolute Gasteiger partial charge is 0.481 e. The number of carbonyl (C=O) groups is 2. The van der Waals surface area contributed by atoms with Crippen LogP contribution < -0.4 is 10.1 Å². The Labute approximate surface area is 167 Å². The maximum atomic E-state index is 12.5. The molecule has 0 radical (unpaired) electrons. The summed E-state index contributed by atoms with van der Waals surface area (Å²) in [7, 11) is 0. The first-order valence-corrected chi connectivity index (χ1v) is 10.4. The number of benzene rings is 1. The molecule has 2 fully saturated rings. The maximum Gasteiger partial charge on any atom is 0.260 e. The second kappa shape index (κ2) is 9.41. The molecule has 6 nitrogen and oxygen atoms in total. The van der Waals surface area contributed by atoms with E-state index in [4.69, 9.17) is 9.47 Å². The molecule has 1 aromatic carbocycles. The molecule has 2 aliphatic rings. The van der Waals surface area contributed by atoms with Crippen molar-refractivity contribution in [2.24, 2.45) is 0 Å². The van der Waals surface area contributed by atoms with Gasteiger partial charge in [-0.1, -0.05) is 26.0 Å². The van der Waals surface area contributed by atoms with Crippen molar-refractivity contribution in [3.63, 3.8) is 0 Å². The first-order chi connectivity index (χ1) is 13.4. The molecule has 0 bridgehead atoms. The summed E-state index contributed by atoms with van der Waals surface area (Å²) in [6.45, 7) is 8.06. The smallest absolute Gasteiger partial charge is 0.260 e. The highest BCUT2D eigenvalue weighted by atomic mass is 16.5. The van der Waals surface area contributed by atoms with Crippen LogP contribution in [0.15, 0.2) is 24.3 Å². The summed E-state index contributed by atoms with van der Waals surface area (Å²) < 4.78 is 11.3. The Kier molecular flexibility index (Phi) is 6.94. The van der Waals surface area contributed by atoms with Gasteiger partial charge in [-0.15, -0.1) is 0 Å². The molecule has 2 heterocycles. The average molecular weight is 389 g/mol. The lowest BCUT2D eigenvalue weighted by atomic mass is 10.0. The van der Waals surface area contributed by atoms with E-state index in [9.17, 15) is 9.59 Å². The van der Waals surface area contributed by atoms with E-state index in [2.05, 4.69) is 19.2 Å². The van der Waals surface area contributed by atoms with Crippen molar-refractivity contribution in [1.29, 1.82) is 0 Å². The van der Waals surface area contributed by atoms with Gasteiger partial charge < -0.3 is 19.7 Å². The Morgan fingerprint density at radius 2 is 1.79 bits per heavy atom. The molecule has 0 aliphatic carbocycles. The van der Waals surface area contributed by atoms with Crippen LogP contribution in [0.1, 0.15) is 57.9 Å². The van der Waals surface area contributed by atoms with E-state index in [1.54, 1.807) is 6.92 Å². The summed E-state index contributed by atoms with van der Waals surface area (Å²) in [6.07, 6.45) is 2.49. The highest BCUT2D eigenvalue weighted by Gasteiger charge is 2.31. The molecular weight excluding hydrogens is 356 g/mol. The molecule has 1 aromatic rings. The van der Waals surface area contributed by atoms with Crippen molar-refractivity contribution >= 4 is 11.8 Å². The van der Waals surface area contributed by atoms with Crippen molar-refractivity contribution in [1.82, 2.24) is 10.2 Å². The van der Waals surface area contributed by atoms with E-state index >= 15 is 0 Å². The highest BCUT2D eigenvalue weighted by Crippen LogP contribution is 2.20. The summed E-state index contributed by atoms with van der Waals surface area (Å²) in [5.41, 5.74) is 1.24. The van der Waals surface area contributed by atoms with Crippen LogP contribution in [0.25, 0.3) is 0 Å². The Bertz CT molecular complexity index is 660. The van der Waals surface area contributed by atoms with Crippen molar-refractivity contribution in [3.05, 3.63) is 29.8 Å². The monoisotopic (exact) mass is 388 g/mol. The Balaban J connectivity index is 1.42. The molecule has 0 saturated carbocycles. The zero-order chi connectivity index (χ0) is 20.1. The number of likely N-dealkylation sites (tertiary alicyclic amines) is 1. The molecule has 2 atom stereocenters. The fourth-order valence-electron chi connectivity index (χ4n) is 3.73. The van der Waals surface area contributed by atoms with Crippen LogP contribution >= 0.6 is 0 Å². The number of rotatable bonds is 6. The molecule has 154 valence electrons. The lowest BCUT2D eigenvalue weighted by Crippen LogP contribution is -2.50. The molecule has 2 aliphatic heterocycles. The van der Waals surface area contributed by atoms with Gasteiger partial charge in [0.2, 0.25) is 0 Å². The molecule has 2 saturated heterocycles. The molecule has 2 unspecified atom stereocenters. The predicted molar refractivity (Wildman–Crippen MR) is 107 cm³/mol.